The number of aromatic nitrogens is 2. The molecule has 0 aliphatic carbocycles. The number of hydrogen-bond acceptors (Lipinski definition) is 3. The second-order valence-corrected chi connectivity index (χ2v) is 6.56. The molecule has 2 aromatic carbocycles. The van der Waals surface area contributed by atoms with Gasteiger partial charge in [-0.05, 0) is 48.7 Å². The van der Waals surface area contributed by atoms with Gasteiger partial charge in [0.1, 0.15) is 11.4 Å². The zero-order valence-electron chi connectivity index (χ0n) is 13.7. The van der Waals surface area contributed by atoms with Crippen molar-refractivity contribution in [3.8, 4) is 5.69 Å². The predicted octanol–water partition coefficient (Wildman–Crippen LogP) is 3.62. The van der Waals surface area contributed by atoms with E-state index in [4.69, 9.17) is 17.3 Å². The van der Waals surface area contributed by atoms with E-state index in [0.29, 0.717) is 22.9 Å². The smallest absolute Gasteiger partial charge is 0.263 e. The molecular formula is C19H17ClN4O. The number of para-hydroxylation sites is 1. The van der Waals surface area contributed by atoms with E-state index in [2.05, 4.69) is 5.10 Å². The second-order valence-electron chi connectivity index (χ2n) is 6.12. The number of nitrogen functional groups attached to an aromatic ring is 1. The molecule has 1 aliphatic rings. The van der Waals surface area contributed by atoms with Gasteiger partial charge in [-0.3, -0.25) is 4.79 Å². The summed E-state index contributed by atoms with van der Waals surface area (Å²) in [5.74, 6) is 0.208. The molecule has 25 heavy (non-hydrogen) atoms. The first-order valence-corrected chi connectivity index (χ1v) is 8.44. The summed E-state index contributed by atoms with van der Waals surface area (Å²) < 4.78 is 1.61. The van der Waals surface area contributed by atoms with Crippen LogP contribution in [0.5, 0.6) is 0 Å². The van der Waals surface area contributed by atoms with Gasteiger partial charge in [-0.25, -0.2) is 4.68 Å². The molecule has 0 saturated heterocycles. The fraction of sp³-hybridized carbons (Fsp3) is 0.158. The Kier molecular flexibility index (Phi) is 3.73. The van der Waals surface area contributed by atoms with Crippen LogP contribution in [0.3, 0.4) is 0 Å². The summed E-state index contributed by atoms with van der Waals surface area (Å²) in [6.07, 6.45) is 2.32. The number of amides is 1. The van der Waals surface area contributed by atoms with Crippen LogP contribution >= 0.6 is 11.6 Å². The molecule has 1 aliphatic heterocycles. The van der Waals surface area contributed by atoms with E-state index < -0.39 is 0 Å². The molecule has 5 nitrogen and oxygen atoms in total. The second kappa shape index (κ2) is 5.93. The monoisotopic (exact) mass is 352 g/mol. The number of rotatable bonds is 2. The van der Waals surface area contributed by atoms with Crippen molar-refractivity contribution in [2.75, 3.05) is 17.2 Å². The first-order chi connectivity index (χ1) is 12.1. The number of nitrogens with two attached hydrogens (primary N) is 1. The van der Waals surface area contributed by atoms with Crippen LogP contribution < -0.4 is 10.6 Å². The summed E-state index contributed by atoms with van der Waals surface area (Å²) in [6, 6.07) is 13.4. The van der Waals surface area contributed by atoms with Gasteiger partial charge in [-0.2, -0.15) is 5.10 Å². The van der Waals surface area contributed by atoms with Crippen LogP contribution in [0.4, 0.5) is 11.5 Å². The Bertz CT molecular complexity index is 979. The third kappa shape index (κ3) is 2.57. The van der Waals surface area contributed by atoms with E-state index in [1.54, 1.807) is 15.6 Å². The van der Waals surface area contributed by atoms with E-state index >= 15 is 0 Å². The number of hydrogen-bond donors (Lipinski definition) is 1. The summed E-state index contributed by atoms with van der Waals surface area (Å²) in [7, 11) is 0. The number of anilines is 2. The first-order valence-electron chi connectivity index (χ1n) is 8.06. The van der Waals surface area contributed by atoms with Crippen molar-refractivity contribution in [2.24, 2.45) is 0 Å². The number of halogens is 1. The van der Waals surface area contributed by atoms with E-state index in [-0.39, 0.29) is 5.91 Å². The van der Waals surface area contributed by atoms with Crippen molar-refractivity contribution in [3.05, 3.63) is 70.4 Å². The van der Waals surface area contributed by atoms with Crippen LogP contribution in [0.15, 0.2) is 48.7 Å². The van der Waals surface area contributed by atoms with Crippen molar-refractivity contribution in [1.29, 1.82) is 0 Å². The van der Waals surface area contributed by atoms with Crippen LogP contribution in [0.1, 0.15) is 21.5 Å². The predicted molar refractivity (Wildman–Crippen MR) is 99.5 cm³/mol. The molecular weight excluding hydrogens is 336 g/mol. The molecule has 0 unspecified atom stereocenters. The first kappa shape index (κ1) is 15.7. The Morgan fingerprint density at radius 3 is 2.80 bits per heavy atom. The van der Waals surface area contributed by atoms with Crippen molar-refractivity contribution in [2.45, 2.75) is 13.3 Å². The zero-order valence-corrected chi connectivity index (χ0v) is 14.5. The maximum Gasteiger partial charge on any atom is 0.263 e. The van der Waals surface area contributed by atoms with Gasteiger partial charge in [-0.15, -0.1) is 0 Å². The Labute approximate surface area is 150 Å². The fourth-order valence-corrected chi connectivity index (χ4v) is 3.44. The Balaban J connectivity index is 1.71. The molecule has 0 bridgehead atoms. The van der Waals surface area contributed by atoms with Gasteiger partial charge in [0, 0.05) is 17.3 Å². The van der Waals surface area contributed by atoms with Crippen molar-refractivity contribution in [3.63, 3.8) is 0 Å². The lowest BCUT2D eigenvalue weighted by atomic mass is 10.2. The van der Waals surface area contributed by atoms with Crippen LogP contribution in [0.25, 0.3) is 5.69 Å². The number of carbonyl (C=O) groups is 1. The third-order valence-electron chi connectivity index (χ3n) is 4.56. The quantitative estimate of drug-likeness (QED) is 0.766. The fourth-order valence-electron chi connectivity index (χ4n) is 3.24. The highest BCUT2D eigenvalue weighted by atomic mass is 35.5. The Morgan fingerprint density at radius 2 is 2.00 bits per heavy atom. The summed E-state index contributed by atoms with van der Waals surface area (Å²) in [4.78, 5) is 14.7. The maximum absolute atomic E-state index is 13.0. The van der Waals surface area contributed by atoms with Gasteiger partial charge in [-0.1, -0.05) is 29.8 Å². The Hall–Kier alpha value is -2.79. The minimum absolute atomic E-state index is 0.140. The van der Waals surface area contributed by atoms with Gasteiger partial charge in [0.15, 0.2) is 0 Å². The minimum atomic E-state index is -0.140. The SMILES string of the molecule is Cc1ccccc1-n1ncc(C(=O)N2CCc3cc(Cl)ccc32)c1N. The highest BCUT2D eigenvalue weighted by Gasteiger charge is 2.28. The molecule has 0 radical (unpaired) electrons. The largest absolute Gasteiger partial charge is 0.383 e. The van der Waals surface area contributed by atoms with Gasteiger partial charge in [0.2, 0.25) is 0 Å². The molecule has 6 heteroatoms. The van der Waals surface area contributed by atoms with Crippen LogP contribution in [-0.4, -0.2) is 22.2 Å². The molecule has 2 N–H and O–H groups in total. The van der Waals surface area contributed by atoms with E-state index in [1.165, 1.54) is 6.20 Å². The molecule has 1 aromatic heterocycles. The van der Waals surface area contributed by atoms with Gasteiger partial charge in [0.05, 0.1) is 11.9 Å². The van der Waals surface area contributed by atoms with Crippen molar-refractivity contribution < 1.29 is 4.79 Å². The van der Waals surface area contributed by atoms with E-state index in [9.17, 15) is 4.79 Å². The number of benzene rings is 2. The van der Waals surface area contributed by atoms with Crippen LogP contribution in [-0.2, 0) is 6.42 Å². The lowest BCUT2D eigenvalue weighted by Crippen LogP contribution is -2.29. The molecule has 4 rings (SSSR count). The topological polar surface area (TPSA) is 64.2 Å². The minimum Gasteiger partial charge on any atom is -0.383 e. The Morgan fingerprint density at radius 1 is 1.20 bits per heavy atom. The van der Waals surface area contributed by atoms with Gasteiger partial charge < -0.3 is 10.6 Å². The number of nitrogens with zero attached hydrogens (tertiary/aromatic N) is 3. The van der Waals surface area contributed by atoms with Gasteiger partial charge >= 0.3 is 0 Å². The summed E-state index contributed by atoms with van der Waals surface area (Å²) in [5.41, 5.74) is 10.5. The van der Waals surface area contributed by atoms with Crippen molar-refractivity contribution in [1.82, 2.24) is 9.78 Å². The van der Waals surface area contributed by atoms with Crippen LogP contribution in [0.2, 0.25) is 5.02 Å². The number of aryl methyl sites for hydroxylation is 1. The average Bonchev–Trinajstić information content (AvgIpc) is 3.18. The molecule has 0 saturated carbocycles. The number of fused-ring (bicyclic) bond motifs is 1. The number of carbonyl (C=O) groups excluding carboxylic acids is 1. The normalized spacial score (nSPS) is 13.1. The molecule has 2 heterocycles. The lowest BCUT2D eigenvalue weighted by molar-refractivity contribution is 0.0990. The summed E-state index contributed by atoms with van der Waals surface area (Å²) in [5, 5.41) is 5.01. The standard InChI is InChI=1S/C19H17ClN4O/c1-12-4-2-3-5-16(12)24-18(21)15(11-22-24)19(25)23-9-8-13-10-14(20)6-7-17(13)23/h2-7,10-11H,8-9,21H2,1H3. The van der Waals surface area contributed by atoms with Crippen LogP contribution in [0, 0.1) is 6.92 Å². The highest BCUT2D eigenvalue weighted by Crippen LogP contribution is 2.32. The van der Waals surface area contributed by atoms with E-state index in [1.807, 2.05) is 43.3 Å². The molecule has 0 atom stereocenters. The van der Waals surface area contributed by atoms with E-state index in [0.717, 1.165) is 28.9 Å². The van der Waals surface area contributed by atoms with Gasteiger partial charge in [0.25, 0.3) is 5.91 Å². The highest BCUT2D eigenvalue weighted by molar-refractivity contribution is 6.30. The average molecular weight is 353 g/mol. The lowest BCUT2D eigenvalue weighted by Gasteiger charge is -2.17. The summed E-state index contributed by atoms with van der Waals surface area (Å²) in [6.45, 7) is 2.60. The zero-order chi connectivity index (χ0) is 17.6. The molecule has 1 amide bonds. The molecule has 126 valence electrons. The summed E-state index contributed by atoms with van der Waals surface area (Å²) >= 11 is 6.04. The maximum atomic E-state index is 13.0. The molecule has 0 fully saturated rings. The molecule has 0 spiro atoms. The third-order valence-corrected chi connectivity index (χ3v) is 4.80. The van der Waals surface area contributed by atoms with Crippen molar-refractivity contribution >= 4 is 29.0 Å². The molecule has 3 aromatic rings.